The van der Waals surface area contributed by atoms with Gasteiger partial charge in [-0.1, -0.05) is 37.3 Å². The Morgan fingerprint density at radius 3 is 2.60 bits per heavy atom. The fourth-order valence-corrected chi connectivity index (χ4v) is 5.38. The Morgan fingerprint density at radius 1 is 1.28 bits per heavy atom. The molecular weight excluding hydrogens is 347 g/mol. The zero-order valence-electron chi connectivity index (χ0n) is 13.2. The first-order valence-electron chi connectivity index (χ1n) is 7.42. The molecule has 2 atom stereocenters. The zero-order valence-corrected chi connectivity index (χ0v) is 14.0. The van der Waals surface area contributed by atoms with Gasteiger partial charge in [-0.2, -0.15) is 0 Å². The van der Waals surface area contributed by atoms with Gasteiger partial charge in [-0.25, -0.2) is 17.6 Å². The third kappa shape index (κ3) is 2.70. The fourth-order valence-electron chi connectivity index (χ4n) is 3.14. The molecule has 0 bridgehead atoms. The number of furan rings is 1. The summed E-state index contributed by atoms with van der Waals surface area (Å²) in [6, 6.07) is 6.51. The molecule has 5 nitrogen and oxygen atoms in total. The lowest BCUT2D eigenvalue weighted by molar-refractivity contribution is -0.132. The molecule has 1 heterocycles. The first-order chi connectivity index (χ1) is 11.8. The Balaban J connectivity index is 2.27. The number of carboxylic acid groups (broad SMARTS) is 1. The monoisotopic (exact) mass is 362 g/mol. The van der Waals surface area contributed by atoms with Crippen molar-refractivity contribution in [2.45, 2.75) is 22.5 Å². The number of carboxylic acids is 1. The van der Waals surface area contributed by atoms with E-state index in [-0.39, 0.29) is 5.57 Å². The summed E-state index contributed by atoms with van der Waals surface area (Å²) in [7, 11) is -4.34. The quantitative estimate of drug-likeness (QED) is 0.903. The van der Waals surface area contributed by atoms with Crippen LogP contribution in [0.1, 0.15) is 12.5 Å². The predicted molar refractivity (Wildman–Crippen MR) is 88.3 cm³/mol. The second kappa shape index (κ2) is 6.00. The van der Waals surface area contributed by atoms with Gasteiger partial charge < -0.3 is 9.52 Å². The molecule has 0 fully saturated rings. The highest BCUT2D eigenvalue weighted by Gasteiger charge is 2.49. The first kappa shape index (κ1) is 17.2. The van der Waals surface area contributed by atoms with Crippen molar-refractivity contribution in [1.29, 1.82) is 0 Å². The van der Waals surface area contributed by atoms with Gasteiger partial charge in [-0.05, 0) is 18.2 Å². The van der Waals surface area contributed by atoms with E-state index in [2.05, 4.69) is 0 Å². The number of carbonyl (C=O) groups is 1. The van der Waals surface area contributed by atoms with Crippen molar-refractivity contribution >= 4 is 15.8 Å². The molecule has 1 aromatic carbocycles. The molecule has 0 saturated carbocycles. The van der Waals surface area contributed by atoms with Crippen LogP contribution in [0.2, 0.25) is 0 Å². The lowest BCUT2D eigenvalue weighted by Gasteiger charge is -2.36. The normalized spacial score (nSPS) is 23.3. The first-order valence-corrected chi connectivity index (χ1v) is 8.97. The summed E-state index contributed by atoms with van der Waals surface area (Å²) in [6.07, 6.45) is 7.05. The largest absolute Gasteiger partial charge is 0.478 e. The molecule has 0 saturated heterocycles. The van der Waals surface area contributed by atoms with E-state index in [0.717, 1.165) is 12.1 Å². The van der Waals surface area contributed by atoms with E-state index in [4.69, 9.17) is 4.42 Å². The summed E-state index contributed by atoms with van der Waals surface area (Å²) in [5.41, 5.74) is -1.06. The summed E-state index contributed by atoms with van der Waals surface area (Å²) >= 11 is 0. The van der Waals surface area contributed by atoms with Gasteiger partial charge >= 0.3 is 5.97 Å². The smallest absolute Gasteiger partial charge is 0.332 e. The highest BCUT2D eigenvalue weighted by Crippen LogP contribution is 2.42. The van der Waals surface area contributed by atoms with Crippen LogP contribution in [0, 0.1) is 5.82 Å². The molecule has 1 aliphatic rings. The van der Waals surface area contributed by atoms with E-state index in [1.807, 2.05) is 0 Å². The highest BCUT2D eigenvalue weighted by molar-refractivity contribution is 7.92. The maximum absolute atomic E-state index is 14.2. The molecule has 2 unspecified atom stereocenters. The Labute approximate surface area is 144 Å². The van der Waals surface area contributed by atoms with Crippen molar-refractivity contribution < 1.29 is 27.1 Å². The number of rotatable bonds is 4. The number of aliphatic carboxylic acids is 1. The van der Waals surface area contributed by atoms with Crippen molar-refractivity contribution in [3.63, 3.8) is 0 Å². The maximum Gasteiger partial charge on any atom is 0.332 e. The second-order valence-corrected chi connectivity index (χ2v) is 7.94. The van der Waals surface area contributed by atoms with Crippen LogP contribution in [0.5, 0.6) is 0 Å². The van der Waals surface area contributed by atoms with Crippen LogP contribution in [-0.2, 0) is 20.0 Å². The van der Waals surface area contributed by atoms with Crippen LogP contribution < -0.4 is 0 Å². The van der Waals surface area contributed by atoms with E-state index in [1.165, 1.54) is 36.8 Å². The van der Waals surface area contributed by atoms with E-state index in [9.17, 15) is 22.7 Å². The maximum atomic E-state index is 14.2. The second-order valence-electron chi connectivity index (χ2n) is 5.94. The molecule has 2 aromatic rings. The predicted octanol–water partition coefficient (Wildman–Crippen LogP) is 3.10. The molecule has 1 N–H and O–H groups in total. The average Bonchev–Trinajstić information content (AvgIpc) is 3.09. The number of hydrogen-bond donors (Lipinski definition) is 1. The third-order valence-corrected chi connectivity index (χ3v) is 6.70. The molecule has 1 aromatic heterocycles. The van der Waals surface area contributed by atoms with Crippen molar-refractivity contribution in [3.05, 3.63) is 78.0 Å². The molecule has 0 radical (unpaired) electrons. The van der Waals surface area contributed by atoms with Crippen LogP contribution in [0.25, 0.3) is 0 Å². The summed E-state index contributed by atoms with van der Waals surface area (Å²) in [4.78, 5) is 11.2. The van der Waals surface area contributed by atoms with Crippen molar-refractivity contribution in [2.24, 2.45) is 0 Å². The minimum absolute atomic E-state index is 0.325. The van der Waals surface area contributed by atoms with Crippen LogP contribution in [0.3, 0.4) is 0 Å². The highest BCUT2D eigenvalue weighted by atomic mass is 32.2. The van der Waals surface area contributed by atoms with Crippen LogP contribution in [0.4, 0.5) is 4.39 Å². The van der Waals surface area contributed by atoms with Crippen LogP contribution >= 0.6 is 0 Å². The standard InChI is InChI=1S/C18H15FO5S/c1-18(12-8-10-24-11-12)9-4-5-13(17(20)21)16(18)25(22,23)15-7-3-2-6-14(15)19/h2-11,16H,1H3,(H,20,21). The fraction of sp³-hybridized carbons (Fsp3) is 0.167. The van der Waals surface area contributed by atoms with Gasteiger partial charge in [-0.3, -0.25) is 0 Å². The number of allylic oxidation sites excluding steroid dienone is 3. The molecule has 3 rings (SSSR count). The van der Waals surface area contributed by atoms with Gasteiger partial charge in [0, 0.05) is 11.0 Å². The SMILES string of the molecule is CC1(c2ccoc2)C=CC=C(C(=O)O)C1S(=O)(=O)c1ccccc1F. The van der Waals surface area contributed by atoms with E-state index >= 15 is 0 Å². The van der Waals surface area contributed by atoms with Crippen molar-refractivity contribution in [3.8, 4) is 0 Å². The summed E-state index contributed by atoms with van der Waals surface area (Å²) in [6.45, 7) is 1.59. The Hall–Kier alpha value is -2.67. The van der Waals surface area contributed by atoms with Gasteiger partial charge in [-0.15, -0.1) is 0 Å². The minimum Gasteiger partial charge on any atom is -0.478 e. The lowest BCUT2D eigenvalue weighted by Crippen LogP contribution is -2.45. The van der Waals surface area contributed by atoms with E-state index in [0.29, 0.717) is 5.56 Å². The van der Waals surface area contributed by atoms with E-state index in [1.54, 1.807) is 19.1 Å². The topological polar surface area (TPSA) is 84.6 Å². The van der Waals surface area contributed by atoms with Crippen LogP contribution in [-0.4, -0.2) is 24.7 Å². The zero-order chi connectivity index (χ0) is 18.2. The van der Waals surface area contributed by atoms with Gasteiger partial charge in [0.15, 0.2) is 9.84 Å². The lowest BCUT2D eigenvalue weighted by atomic mass is 9.75. The van der Waals surface area contributed by atoms with Gasteiger partial charge in [0.2, 0.25) is 0 Å². The van der Waals surface area contributed by atoms with Gasteiger partial charge in [0.05, 0.1) is 18.1 Å². The molecule has 7 heteroatoms. The molecular formula is C18H15FO5S. The third-order valence-electron chi connectivity index (χ3n) is 4.39. The molecule has 130 valence electrons. The van der Waals surface area contributed by atoms with Gasteiger partial charge in [0.1, 0.15) is 16.0 Å². The summed E-state index contributed by atoms with van der Waals surface area (Å²) in [5, 5.41) is 8.03. The summed E-state index contributed by atoms with van der Waals surface area (Å²) < 4.78 is 45.7. The minimum atomic E-state index is -4.34. The Morgan fingerprint density at radius 2 is 2.00 bits per heavy atom. The number of hydrogen-bond acceptors (Lipinski definition) is 4. The van der Waals surface area contributed by atoms with Crippen LogP contribution in [0.15, 0.2) is 76.0 Å². The van der Waals surface area contributed by atoms with Gasteiger partial charge in [0.25, 0.3) is 0 Å². The molecule has 0 spiro atoms. The van der Waals surface area contributed by atoms with Crippen molar-refractivity contribution in [1.82, 2.24) is 0 Å². The average molecular weight is 362 g/mol. The molecule has 1 aliphatic carbocycles. The Bertz CT molecular complexity index is 973. The van der Waals surface area contributed by atoms with E-state index < -0.39 is 37.2 Å². The summed E-state index contributed by atoms with van der Waals surface area (Å²) in [5.74, 6) is -2.29. The molecule has 0 aliphatic heterocycles. The number of halogens is 1. The molecule has 0 amide bonds. The molecule has 25 heavy (non-hydrogen) atoms. The Kier molecular flexibility index (Phi) is 4.12. The number of sulfone groups is 1. The van der Waals surface area contributed by atoms with Crippen molar-refractivity contribution in [2.75, 3.05) is 0 Å². The number of benzene rings is 1.